The highest BCUT2D eigenvalue weighted by Gasteiger charge is 2.41. The second-order valence-electron chi connectivity index (χ2n) is 7.52. The Kier molecular flexibility index (Phi) is 5.74. The number of primary amides is 2. The van der Waals surface area contributed by atoms with Gasteiger partial charge < -0.3 is 16.0 Å². The minimum absolute atomic E-state index is 0.00918. The lowest BCUT2D eigenvalue weighted by molar-refractivity contribution is -0.141. The number of aromatic nitrogens is 5. The van der Waals surface area contributed by atoms with Gasteiger partial charge in [-0.05, 0) is 19.1 Å². The van der Waals surface area contributed by atoms with Crippen LogP contribution in [0.4, 0.5) is 17.6 Å². The van der Waals surface area contributed by atoms with Gasteiger partial charge in [-0.25, -0.2) is 9.37 Å². The molecule has 4 aromatic rings. The van der Waals surface area contributed by atoms with Gasteiger partial charge in [0.1, 0.15) is 18.1 Å². The molecule has 35 heavy (non-hydrogen) atoms. The van der Waals surface area contributed by atoms with Crippen LogP contribution in [0.15, 0.2) is 22.7 Å². The van der Waals surface area contributed by atoms with Crippen molar-refractivity contribution in [3.63, 3.8) is 0 Å². The van der Waals surface area contributed by atoms with E-state index in [4.69, 9.17) is 16.0 Å². The van der Waals surface area contributed by atoms with Gasteiger partial charge in [0.05, 0.1) is 11.1 Å². The van der Waals surface area contributed by atoms with Crippen molar-refractivity contribution in [3.8, 4) is 11.1 Å². The largest absolute Gasteiger partial charge is 0.435 e. The summed E-state index contributed by atoms with van der Waals surface area (Å²) in [7, 11) is 0. The molecule has 10 nitrogen and oxygen atoms in total. The van der Waals surface area contributed by atoms with Crippen molar-refractivity contribution in [2.24, 2.45) is 11.5 Å². The van der Waals surface area contributed by atoms with Gasteiger partial charge in [0.15, 0.2) is 11.5 Å². The Hall–Kier alpha value is -4.36. The van der Waals surface area contributed by atoms with Crippen molar-refractivity contribution < 1.29 is 31.7 Å². The fraction of sp³-hybridized carbons (Fsp3) is 0.238. The van der Waals surface area contributed by atoms with E-state index in [2.05, 4.69) is 20.2 Å². The zero-order valence-corrected chi connectivity index (χ0v) is 18.3. The molecular weight excluding hydrogens is 474 g/mol. The molecule has 1 aromatic carbocycles. The van der Waals surface area contributed by atoms with E-state index in [1.807, 2.05) is 0 Å². The predicted molar refractivity (Wildman–Crippen MR) is 112 cm³/mol. The number of carbonyl (C=O) groups is 2. The average Bonchev–Trinajstić information content (AvgIpc) is 3.36. The molecule has 14 heteroatoms. The quantitative estimate of drug-likeness (QED) is 0.393. The maximum absolute atomic E-state index is 14.1. The summed E-state index contributed by atoms with van der Waals surface area (Å²) >= 11 is 0. The lowest BCUT2D eigenvalue weighted by Gasteiger charge is -2.16. The minimum atomic E-state index is -5.02. The number of nitrogens with two attached hydrogens (primary N) is 2. The summed E-state index contributed by atoms with van der Waals surface area (Å²) in [5.41, 5.74) is 6.87. The summed E-state index contributed by atoms with van der Waals surface area (Å²) in [4.78, 5) is 32.8. The fourth-order valence-corrected chi connectivity index (χ4v) is 3.74. The molecule has 0 atom stereocenters. The topological polar surface area (TPSA) is 156 Å². The van der Waals surface area contributed by atoms with E-state index in [0.29, 0.717) is 12.2 Å². The van der Waals surface area contributed by atoms with Crippen molar-refractivity contribution in [3.05, 3.63) is 58.4 Å². The first-order valence-corrected chi connectivity index (χ1v) is 10.1. The molecule has 0 aliphatic rings. The van der Waals surface area contributed by atoms with Crippen LogP contribution in [0.1, 0.15) is 50.9 Å². The lowest BCUT2D eigenvalue weighted by atomic mass is 9.92. The number of alkyl halides is 3. The van der Waals surface area contributed by atoms with Crippen molar-refractivity contribution in [2.45, 2.75) is 33.0 Å². The number of aryl methyl sites for hydroxylation is 1. The van der Waals surface area contributed by atoms with Crippen LogP contribution in [0.25, 0.3) is 22.0 Å². The molecule has 3 aromatic heterocycles. The Bertz CT molecular complexity index is 1490. The summed E-state index contributed by atoms with van der Waals surface area (Å²) < 4.78 is 62.2. The molecule has 0 saturated carbocycles. The Labute approximate surface area is 193 Å². The second kappa shape index (κ2) is 8.45. The van der Waals surface area contributed by atoms with Crippen LogP contribution >= 0.6 is 0 Å². The van der Waals surface area contributed by atoms with Crippen LogP contribution in [-0.2, 0) is 19.1 Å². The first kappa shape index (κ1) is 23.8. The Balaban J connectivity index is 2.08. The number of amides is 2. The van der Waals surface area contributed by atoms with Crippen LogP contribution in [-0.4, -0.2) is 36.7 Å². The molecule has 0 bridgehead atoms. The molecule has 0 fully saturated rings. The molecule has 0 saturated heterocycles. The zero-order valence-electron chi connectivity index (χ0n) is 18.3. The number of hydrogen-bond acceptors (Lipinski definition) is 7. The molecule has 2 amide bonds. The molecule has 0 aliphatic carbocycles. The van der Waals surface area contributed by atoms with Gasteiger partial charge in [-0.1, -0.05) is 12.1 Å². The number of rotatable bonds is 6. The highest BCUT2D eigenvalue weighted by Crippen LogP contribution is 2.42. The summed E-state index contributed by atoms with van der Waals surface area (Å²) in [6, 6.07) is 3.01. The van der Waals surface area contributed by atoms with E-state index < -0.39 is 51.9 Å². The summed E-state index contributed by atoms with van der Waals surface area (Å²) in [6.07, 6.45) is -4.58. The number of halogens is 4. The van der Waals surface area contributed by atoms with E-state index in [1.165, 1.54) is 6.92 Å². The molecule has 0 radical (unpaired) electrons. The highest BCUT2D eigenvalue weighted by molar-refractivity contribution is 6.15. The fourth-order valence-electron chi connectivity index (χ4n) is 3.74. The maximum atomic E-state index is 14.1. The van der Waals surface area contributed by atoms with Crippen LogP contribution in [0.2, 0.25) is 0 Å². The van der Waals surface area contributed by atoms with Gasteiger partial charge in [-0.2, -0.15) is 23.3 Å². The van der Waals surface area contributed by atoms with Gasteiger partial charge in [0, 0.05) is 34.7 Å². The van der Waals surface area contributed by atoms with Crippen LogP contribution in [0, 0.1) is 12.7 Å². The van der Waals surface area contributed by atoms with Gasteiger partial charge in [0.2, 0.25) is 11.8 Å². The van der Waals surface area contributed by atoms with Gasteiger partial charge in [-0.15, -0.1) is 0 Å². The molecule has 3 heterocycles. The third-order valence-corrected chi connectivity index (χ3v) is 5.26. The molecule has 0 unspecified atom stereocenters. The predicted octanol–water partition coefficient (Wildman–Crippen LogP) is 2.76. The van der Waals surface area contributed by atoms with Crippen molar-refractivity contribution in [1.82, 2.24) is 24.9 Å². The maximum Gasteiger partial charge on any atom is 0.435 e. The van der Waals surface area contributed by atoms with Gasteiger partial charge in [0.25, 0.3) is 5.91 Å². The number of nitrogens with zero attached hydrogens (tertiary/aromatic N) is 5. The van der Waals surface area contributed by atoms with Crippen molar-refractivity contribution in [2.75, 3.05) is 0 Å². The normalized spacial score (nSPS) is 11.8. The first-order chi connectivity index (χ1) is 16.4. The number of carbonyl (C=O) groups excluding carboxylic acids is 2. The van der Waals surface area contributed by atoms with E-state index in [1.54, 1.807) is 6.92 Å². The van der Waals surface area contributed by atoms with E-state index in [0.717, 1.165) is 22.9 Å². The monoisotopic (exact) mass is 491 g/mol. The van der Waals surface area contributed by atoms with Crippen LogP contribution in [0.5, 0.6) is 0 Å². The summed E-state index contributed by atoms with van der Waals surface area (Å²) in [5.74, 6) is -2.84. The molecule has 182 valence electrons. The third kappa shape index (κ3) is 4.18. The molecular formula is C21H17F4N7O3. The molecule has 0 aliphatic heterocycles. The van der Waals surface area contributed by atoms with Crippen LogP contribution < -0.4 is 11.5 Å². The molecule has 0 spiro atoms. The Morgan fingerprint density at radius 2 is 1.83 bits per heavy atom. The van der Waals surface area contributed by atoms with Crippen LogP contribution in [0.3, 0.4) is 0 Å². The Morgan fingerprint density at radius 3 is 2.40 bits per heavy atom. The first-order valence-electron chi connectivity index (χ1n) is 10.1. The summed E-state index contributed by atoms with van der Waals surface area (Å²) in [6.45, 7) is 2.73. The zero-order chi connectivity index (χ0) is 25.7. The lowest BCUT2D eigenvalue weighted by Crippen LogP contribution is -2.21. The number of benzene rings is 1. The smallest absolute Gasteiger partial charge is 0.366 e. The number of pyridine rings is 1. The molecule has 4 rings (SSSR count). The van der Waals surface area contributed by atoms with E-state index in [9.17, 15) is 27.2 Å². The third-order valence-electron chi connectivity index (χ3n) is 5.26. The number of fused-ring (bicyclic) bond motifs is 1. The minimum Gasteiger partial charge on any atom is -0.366 e. The summed E-state index contributed by atoms with van der Waals surface area (Å²) in [5, 5.41) is 7.29. The number of hydrogen-bond donors (Lipinski definition) is 2. The average molecular weight is 491 g/mol. The van der Waals surface area contributed by atoms with Gasteiger partial charge >= 0.3 is 6.18 Å². The van der Waals surface area contributed by atoms with Gasteiger partial charge in [-0.3, -0.25) is 14.3 Å². The highest BCUT2D eigenvalue weighted by atomic mass is 19.4. The SMILES string of the molecule is CCc1noc(Cn2nc(C(F)(F)F)c(-c3c(C(N)=O)nc4cc(F)ccc4c3C(N)=O)c2C)n1. The van der Waals surface area contributed by atoms with E-state index >= 15 is 0 Å². The van der Waals surface area contributed by atoms with Crippen molar-refractivity contribution >= 4 is 22.7 Å². The second-order valence-corrected chi connectivity index (χ2v) is 7.52. The van der Waals surface area contributed by atoms with Crippen molar-refractivity contribution in [1.29, 1.82) is 0 Å². The standard InChI is InChI=1S/C21H17F4N7O3/c1-3-12-29-13(35-31-12)7-32-8(2)14(18(30-32)21(23,24)25)16-15(19(26)33)10-5-4-9(22)6-11(10)28-17(16)20(27)34/h4-6H,3,7H2,1-2H3,(H2,26,33)(H2,27,34). The Morgan fingerprint density at radius 1 is 1.11 bits per heavy atom. The van der Waals surface area contributed by atoms with E-state index in [-0.39, 0.29) is 29.0 Å². The molecule has 4 N–H and O–H groups in total.